The van der Waals surface area contributed by atoms with E-state index in [0.29, 0.717) is 12.3 Å². The van der Waals surface area contributed by atoms with Crippen LogP contribution in [-0.4, -0.2) is 51.4 Å². The number of nitrogens with one attached hydrogen (secondary N) is 1. The minimum Gasteiger partial charge on any atom is -0.495 e. The van der Waals surface area contributed by atoms with Gasteiger partial charge in [0.2, 0.25) is 11.8 Å². The normalized spacial score (nSPS) is 11.9. The van der Waals surface area contributed by atoms with E-state index < -0.39 is 28.5 Å². The highest BCUT2D eigenvalue weighted by Gasteiger charge is 2.32. The number of hydrogen-bond acceptors (Lipinski definition) is 5. The fourth-order valence-electron chi connectivity index (χ4n) is 4.18. The molecule has 8 nitrogen and oxygen atoms in total. The van der Waals surface area contributed by atoms with Crippen LogP contribution in [0.1, 0.15) is 37.8 Å². The van der Waals surface area contributed by atoms with Crippen molar-refractivity contribution in [3.05, 3.63) is 88.9 Å². The lowest BCUT2D eigenvalue weighted by Gasteiger charge is -2.32. The maximum absolute atomic E-state index is 14.0. The number of ether oxygens (including phenoxy) is 1. The third-order valence-electron chi connectivity index (χ3n) is 6.47. The molecule has 3 aromatic rings. The highest BCUT2D eigenvalue weighted by atomic mass is 35.5. The molecular weight excluding hydrogens is 550 g/mol. The molecule has 0 aliphatic rings. The van der Waals surface area contributed by atoms with Crippen LogP contribution in [0.3, 0.4) is 0 Å². The highest BCUT2D eigenvalue weighted by Crippen LogP contribution is 2.32. The number of hydrogen-bond donors (Lipinski definition) is 1. The molecule has 0 radical (unpaired) electrons. The molecule has 1 atom stereocenters. The summed E-state index contributed by atoms with van der Waals surface area (Å²) in [5.41, 5.74) is 2.02. The molecular formula is C30H36ClN3O5S. The van der Waals surface area contributed by atoms with Crippen LogP contribution in [0.5, 0.6) is 5.75 Å². The zero-order chi connectivity index (χ0) is 29.3. The van der Waals surface area contributed by atoms with Gasteiger partial charge in [0.25, 0.3) is 10.0 Å². The minimum absolute atomic E-state index is 0.0188. The lowest BCUT2D eigenvalue weighted by atomic mass is 10.1. The van der Waals surface area contributed by atoms with Crippen molar-refractivity contribution in [3.8, 4) is 5.75 Å². The zero-order valence-corrected chi connectivity index (χ0v) is 24.8. The van der Waals surface area contributed by atoms with E-state index in [1.165, 1.54) is 36.3 Å². The van der Waals surface area contributed by atoms with Crippen LogP contribution in [0.25, 0.3) is 0 Å². The monoisotopic (exact) mass is 585 g/mol. The first-order valence-electron chi connectivity index (χ1n) is 13.1. The number of unbranched alkanes of at least 4 members (excludes halogenated alkanes) is 1. The molecule has 1 unspecified atom stereocenters. The summed E-state index contributed by atoms with van der Waals surface area (Å²) in [6, 6.07) is 19.2. The van der Waals surface area contributed by atoms with Gasteiger partial charge in [-0.3, -0.25) is 13.9 Å². The molecule has 3 rings (SSSR count). The molecule has 0 spiro atoms. The number of methoxy groups -OCH3 is 1. The third kappa shape index (κ3) is 7.76. The number of rotatable bonds is 13. The molecule has 10 heteroatoms. The lowest BCUT2D eigenvalue weighted by molar-refractivity contribution is -0.139. The average Bonchev–Trinajstić information content (AvgIpc) is 2.94. The molecule has 0 saturated carbocycles. The zero-order valence-electron chi connectivity index (χ0n) is 23.3. The van der Waals surface area contributed by atoms with Gasteiger partial charge in [-0.25, -0.2) is 8.42 Å². The van der Waals surface area contributed by atoms with E-state index in [9.17, 15) is 18.0 Å². The number of benzene rings is 3. The van der Waals surface area contributed by atoms with Crippen LogP contribution in [0.2, 0.25) is 5.02 Å². The molecule has 1 N–H and O–H groups in total. The molecule has 0 saturated heterocycles. The maximum Gasteiger partial charge on any atom is 0.264 e. The topological polar surface area (TPSA) is 96.0 Å². The molecule has 2 amide bonds. The molecule has 214 valence electrons. The Morgan fingerprint density at radius 2 is 1.75 bits per heavy atom. The van der Waals surface area contributed by atoms with E-state index in [2.05, 4.69) is 5.32 Å². The van der Waals surface area contributed by atoms with Crippen molar-refractivity contribution in [2.24, 2.45) is 0 Å². The van der Waals surface area contributed by atoms with Gasteiger partial charge in [-0.15, -0.1) is 0 Å². The second kappa shape index (κ2) is 14.2. The summed E-state index contributed by atoms with van der Waals surface area (Å²) in [6.45, 7) is 5.69. The first-order valence-corrected chi connectivity index (χ1v) is 14.9. The Hall–Kier alpha value is -3.56. The summed E-state index contributed by atoms with van der Waals surface area (Å²) >= 11 is 6.35. The van der Waals surface area contributed by atoms with E-state index in [4.69, 9.17) is 16.3 Å². The van der Waals surface area contributed by atoms with Crippen molar-refractivity contribution in [3.63, 3.8) is 0 Å². The summed E-state index contributed by atoms with van der Waals surface area (Å²) in [4.78, 5) is 28.4. The lowest BCUT2D eigenvalue weighted by Crippen LogP contribution is -2.51. The maximum atomic E-state index is 14.0. The fraction of sp³-hybridized carbons (Fsp3) is 0.333. The van der Waals surface area contributed by atoms with Crippen molar-refractivity contribution in [1.82, 2.24) is 10.2 Å². The first kappa shape index (κ1) is 31.0. The van der Waals surface area contributed by atoms with Crippen LogP contribution >= 0.6 is 11.6 Å². The number of anilines is 1. The van der Waals surface area contributed by atoms with Crippen LogP contribution in [-0.2, 0) is 26.2 Å². The highest BCUT2D eigenvalue weighted by molar-refractivity contribution is 7.92. The van der Waals surface area contributed by atoms with Gasteiger partial charge in [-0.05, 0) is 56.2 Å². The van der Waals surface area contributed by atoms with Gasteiger partial charge in [0, 0.05) is 13.1 Å². The summed E-state index contributed by atoms with van der Waals surface area (Å²) in [7, 11) is -2.72. The number of aryl methyl sites for hydroxylation is 1. The SMILES string of the molecule is CCCCNC(=O)C(C)N(Cc1cccc(C)c1)C(=O)CN(c1ccc(OC)c(Cl)c1)S(=O)(=O)c1ccccc1. The van der Waals surface area contributed by atoms with Crippen molar-refractivity contribution in [2.45, 2.75) is 51.1 Å². The van der Waals surface area contributed by atoms with Gasteiger partial charge in [-0.1, -0.05) is 73.0 Å². The van der Waals surface area contributed by atoms with E-state index in [1.807, 2.05) is 38.1 Å². The molecule has 40 heavy (non-hydrogen) atoms. The number of sulfonamides is 1. The summed E-state index contributed by atoms with van der Waals surface area (Å²) in [6.07, 6.45) is 1.73. The predicted octanol–water partition coefficient (Wildman–Crippen LogP) is 5.19. The van der Waals surface area contributed by atoms with Crippen LogP contribution in [0.15, 0.2) is 77.7 Å². The van der Waals surface area contributed by atoms with Gasteiger partial charge in [-0.2, -0.15) is 0 Å². The van der Waals surface area contributed by atoms with Gasteiger partial charge in [0.15, 0.2) is 0 Å². The van der Waals surface area contributed by atoms with Crippen LogP contribution < -0.4 is 14.4 Å². The minimum atomic E-state index is -4.18. The molecule has 0 fully saturated rings. The quantitative estimate of drug-likeness (QED) is 0.279. The standard InChI is InChI=1S/C30H36ClN3O5S/c1-5-6-17-32-30(36)23(3)33(20-24-12-10-11-22(2)18-24)29(35)21-34(25-15-16-28(39-4)27(31)19-25)40(37,38)26-13-8-7-9-14-26/h7-16,18-19,23H,5-6,17,20-21H2,1-4H3,(H,32,36). The molecule has 0 bridgehead atoms. The molecule has 0 heterocycles. The van der Waals surface area contributed by atoms with Crippen molar-refractivity contribution in [1.29, 1.82) is 0 Å². The average molecular weight is 586 g/mol. The Kier molecular flexibility index (Phi) is 11.0. The first-order chi connectivity index (χ1) is 19.1. The molecule has 0 aliphatic carbocycles. The van der Waals surface area contributed by atoms with Crippen molar-refractivity contribution < 1.29 is 22.7 Å². The fourth-order valence-corrected chi connectivity index (χ4v) is 5.86. The number of nitrogens with zero attached hydrogens (tertiary/aromatic N) is 2. The summed E-state index contributed by atoms with van der Waals surface area (Å²) in [5.74, 6) is -0.474. The van der Waals surface area contributed by atoms with Gasteiger partial charge in [0.05, 0.1) is 22.7 Å². The molecule has 0 aromatic heterocycles. The Labute approximate surface area is 241 Å². The second-order valence-corrected chi connectivity index (χ2v) is 11.7. The Morgan fingerprint density at radius 1 is 1.02 bits per heavy atom. The predicted molar refractivity (Wildman–Crippen MR) is 158 cm³/mol. The Balaban J connectivity index is 2.02. The Bertz CT molecular complexity index is 1420. The smallest absolute Gasteiger partial charge is 0.264 e. The van der Waals surface area contributed by atoms with E-state index in [0.717, 1.165) is 28.3 Å². The molecule has 3 aromatic carbocycles. The van der Waals surface area contributed by atoms with E-state index in [1.54, 1.807) is 31.2 Å². The van der Waals surface area contributed by atoms with Crippen molar-refractivity contribution in [2.75, 3.05) is 24.5 Å². The van der Waals surface area contributed by atoms with Gasteiger partial charge < -0.3 is 15.0 Å². The largest absolute Gasteiger partial charge is 0.495 e. The number of halogens is 1. The number of carbonyl (C=O) groups excluding carboxylic acids is 2. The van der Waals surface area contributed by atoms with Gasteiger partial charge >= 0.3 is 0 Å². The summed E-state index contributed by atoms with van der Waals surface area (Å²) in [5, 5.41) is 3.08. The van der Waals surface area contributed by atoms with Crippen molar-refractivity contribution >= 4 is 39.1 Å². The molecule has 0 aliphatic heterocycles. The number of carbonyl (C=O) groups is 2. The Morgan fingerprint density at radius 3 is 2.38 bits per heavy atom. The third-order valence-corrected chi connectivity index (χ3v) is 8.55. The van der Waals surface area contributed by atoms with Crippen LogP contribution in [0, 0.1) is 6.92 Å². The van der Waals surface area contributed by atoms with E-state index in [-0.39, 0.29) is 28.1 Å². The van der Waals surface area contributed by atoms with E-state index >= 15 is 0 Å². The van der Waals surface area contributed by atoms with Gasteiger partial charge in [0.1, 0.15) is 18.3 Å². The second-order valence-electron chi connectivity index (χ2n) is 9.47. The summed E-state index contributed by atoms with van der Waals surface area (Å²) < 4.78 is 33.9. The number of amides is 2. The van der Waals surface area contributed by atoms with Crippen LogP contribution in [0.4, 0.5) is 5.69 Å².